The number of anilines is 5. The van der Waals surface area contributed by atoms with Crippen molar-refractivity contribution in [2.75, 3.05) is 9.80 Å². The first-order valence-electron chi connectivity index (χ1n) is 18.5. The van der Waals surface area contributed by atoms with E-state index >= 15 is 0 Å². The van der Waals surface area contributed by atoms with E-state index in [4.69, 9.17) is 0 Å². The van der Waals surface area contributed by atoms with Crippen molar-refractivity contribution in [1.82, 2.24) is 0 Å². The van der Waals surface area contributed by atoms with Crippen molar-refractivity contribution in [3.63, 3.8) is 0 Å². The predicted molar refractivity (Wildman–Crippen MR) is 227 cm³/mol. The fourth-order valence-electron chi connectivity index (χ4n) is 7.50. The van der Waals surface area contributed by atoms with E-state index in [0.717, 1.165) is 56.4 Å². The Balaban J connectivity index is 0.999. The average Bonchev–Trinajstić information content (AvgIpc) is 3.51. The summed E-state index contributed by atoms with van der Waals surface area (Å²) in [5, 5.41) is 0. The van der Waals surface area contributed by atoms with Gasteiger partial charge in [0.15, 0.2) is 5.78 Å². The Kier molecular flexibility index (Phi) is 9.09. The predicted octanol–water partition coefficient (Wildman–Crippen LogP) is 12.3. The molecule has 5 nitrogen and oxygen atoms in total. The Labute approximate surface area is 327 Å². The molecular weight excluding hydrogens is 709 g/mol. The summed E-state index contributed by atoms with van der Waals surface area (Å²) in [5.74, 6) is -0.301. The largest absolute Gasteiger partial charge is 0.311 e. The summed E-state index contributed by atoms with van der Waals surface area (Å²) in [5.41, 5.74) is 9.73. The molecule has 2 aliphatic rings. The van der Waals surface area contributed by atoms with E-state index in [1.54, 1.807) is 30.3 Å². The molecule has 0 spiro atoms. The van der Waals surface area contributed by atoms with Crippen molar-refractivity contribution in [3.8, 4) is 11.1 Å². The third-order valence-electron chi connectivity index (χ3n) is 10.2. The molecule has 6 heteroatoms. The van der Waals surface area contributed by atoms with Crippen LogP contribution in [0, 0.1) is 0 Å². The van der Waals surface area contributed by atoms with Crippen LogP contribution in [0.3, 0.4) is 0 Å². The van der Waals surface area contributed by atoms with Crippen LogP contribution in [0.25, 0.3) is 16.7 Å². The first-order chi connectivity index (χ1) is 27.5. The minimum absolute atomic E-state index is 0.0301. The second-order valence-corrected chi connectivity index (χ2v) is 15.6. The minimum Gasteiger partial charge on any atom is -0.311 e. The van der Waals surface area contributed by atoms with Crippen molar-refractivity contribution in [2.24, 2.45) is 0 Å². The molecule has 0 radical (unpaired) electrons. The van der Waals surface area contributed by atoms with Crippen LogP contribution in [0.4, 0.5) is 28.4 Å². The van der Waals surface area contributed by atoms with Crippen LogP contribution in [0.15, 0.2) is 222 Å². The molecule has 1 aliphatic heterocycles. The normalized spacial score (nSPS) is 14.1. The van der Waals surface area contributed by atoms with Crippen molar-refractivity contribution >= 4 is 49.6 Å². The van der Waals surface area contributed by atoms with E-state index in [9.17, 15) is 13.2 Å². The maximum atomic E-state index is 14.2. The molecule has 0 saturated carbocycles. The molecule has 0 fully saturated rings. The molecule has 270 valence electrons. The SMILES string of the molecule is O=C1c2cc(-c3ccc(N(c4ccccc4)c4ccccc4)cc3)ccc2S(=O)(=O)c2cc(C3=CCC=C(N(c4ccccc4)c4ccccc4)C=C3)ccc21. The summed E-state index contributed by atoms with van der Waals surface area (Å²) in [6.45, 7) is 0. The molecule has 0 atom stereocenters. The van der Waals surface area contributed by atoms with Crippen LogP contribution in [0.5, 0.6) is 0 Å². The Bertz CT molecular complexity index is 2700. The van der Waals surface area contributed by atoms with E-state index < -0.39 is 9.84 Å². The lowest BCUT2D eigenvalue weighted by molar-refractivity contribution is 0.103. The number of sulfone groups is 1. The zero-order valence-corrected chi connectivity index (χ0v) is 31.2. The van der Waals surface area contributed by atoms with Crippen LogP contribution in [0.2, 0.25) is 0 Å². The number of benzene rings is 7. The number of allylic oxidation sites excluding steroid dienone is 5. The third-order valence-corrected chi connectivity index (χ3v) is 12.1. The summed E-state index contributed by atoms with van der Waals surface area (Å²) in [4.78, 5) is 18.5. The zero-order valence-electron chi connectivity index (χ0n) is 30.4. The van der Waals surface area contributed by atoms with Gasteiger partial charge in [0, 0.05) is 45.3 Å². The summed E-state index contributed by atoms with van der Waals surface area (Å²) in [7, 11) is -3.98. The number of para-hydroxylation sites is 4. The molecule has 0 amide bonds. The molecule has 1 aliphatic carbocycles. The number of carbonyl (C=O) groups is 1. The summed E-state index contributed by atoms with van der Waals surface area (Å²) in [6.07, 6.45) is 8.95. The van der Waals surface area contributed by atoms with E-state index in [0.29, 0.717) is 6.42 Å². The van der Waals surface area contributed by atoms with Gasteiger partial charge in [-0.15, -0.1) is 0 Å². The molecule has 0 unspecified atom stereocenters. The quantitative estimate of drug-likeness (QED) is 0.155. The van der Waals surface area contributed by atoms with Gasteiger partial charge in [0.2, 0.25) is 9.84 Å². The van der Waals surface area contributed by atoms with Gasteiger partial charge in [-0.1, -0.05) is 115 Å². The van der Waals surface area contributed by atoms with Crippen molar-refractivity contribution in [3.05, 3.63) is 229 Å². The molecule has 0 bridgehead atoms. The fourth-order valence-corrected chi connectivity index (χ4v) is 9.16. The lowest BCUT2D eigenvalue weighted by Gasteiger charge is -2.26. The van der Waals surface area contributed by atoms with Gasteiger partial charge < -0.3 is 9.80 Å². The van der Waals surface area contributed by atoms with Crippen molar-refractivity contribution in [2.45, 2.75) is 16.2 Å². The van der Waals surface area contributed by atoms with Gasteiger partial charge in [-0.25, -0.2) is 8.42 Å². The zero-order chi connectivity index (χ0) is 38.1. The minimum atomic E-state index is -3.98. The van der Waals surface area contributed by atoms with Crippen LogP contribution >= 0.6 is 0 Å². The Hall–Kier alpha value is -7.02. The Morgan fingerprint density at radius 2 is 0.911 bits per heavy atom. The van der Waals surface area contributed by atoms with Gasteiger partial charge in [0.1, 0.15) is 0 Å². The molecule has 0 saturated heterocycles. The molecule has 7 aromatic rings. The number of fused-ring (bicyclic) bond motifs is 2. The van der Waals surface area contributed by atoms with Gasteiger partial charge in [-0.2, -0.15) is 0 Å². The highest BCUT2D eigenvalue weighted by atomic mass is 32.2. The second-order valence-electron chi connectivity index (χ2n) is 13.7. The van der Waals surface area contributed by atoms with E-state index in [-0.39, 0.29) is 26.7 Å². The first kappa shape index (κ1) is 34.7. The van der Waals surface area contributed by atoms with Crippen LogP contribution in [-0.4, -0.2) is 14.2 Å². The van der Waals surface area contributed by atoms with Crippen LogP contribution in [-0.2, 0) is 9.84 Å². The number of hydrogen-bond donors (Lipinski definition) is 0. The number of rotatable bonds is 8. The lowest BCUT2D eigenvalue weighted by Crippen LogP contribution is -2.20. The van der Waals surface area contributed by atoms with Gasteiger partial charge in [0.05, 0.1) is 9.79 Å². The van der Waals surface area contributed by atoms with E-state index in [1.807, 2.05) is 109 Å². The van der Waals surface area contributed by atoms with Gasteiger partial charge in [-0.05, 0) is 120 Å². The number of carbonyl (C=O) groups excluding carboxylic acids is 1. The van der Waals surface area contributed by atoms with Gasteiger partial charge >= 0.3 is 0 Å². The van der Waals surface area contributed by atoms with E-state index in [2.05, 4.69) is 76.6 Å². The third kappa shape index (κ3) is 6.46. The molecule has 0 aromatic heterocycles. The first-order valence-corrected chi connectivity index (χ1v) is 20.0. The Morgan fingerprint density at radius 3 is 1.48 bits per heavy atom. The smallest absolute Gasteiger partial charge is 0.208 e. The highest BCUT2D eigenvalue weighted by Gasteiger charge is 2.35. The number of hydrogen-bond acceptors (Lipinski definition) is 5. The Morgan fingerprint density at radius 1 is 0.411 bits per heavy atom. The molecule has 56 heavy (non-hydrogen) atoms. The summed E-state index contributed by atoms with van der Waals surface area (Å²) >= 11 is 0. The highest BCUT2D eigenvalue weighted by Crippen LogP contribution is 2.40. The molecule has 9 rings (SSSR count). The van der Waals surface area contributed by atoms with Crippen molar-refractivity contribution < 1.29 is 13.2 Å². The topological polar surface area (TPSA) is 57.7 Å². The molecule has 7 aromatic carbocycles. The molecular formula is C50H36N2O3S. The average molecular weight is 745 g/mol. The standard InChI is InChI=1S/C50H36N2O3S/c53-50-46-32-27-39(36-14-13-23-44(29-24-36)51(40-15-5-1-6-16-40)41-17-7-2-8-18-41)35-49(46)56(54,55)48-33-28-38(34-47(48)50)37-25-30-45(31-26-37)52(42-19-9-3-10-20-42)43-21-11-4-12-22-43/h1-12,14-35H,13H2. The fraction of sp³-hybridized carbons (Fsp3) is 0.0200. The maximum Gasteiger partial charge on any atom is 0.208 e. The van der Waals surface area contributed by atoms with Gasteiger partial charge in [0.25, 0.3) is 0 Å². The van der Waals surface area contributed by atoms with Crippen LogP contribution in [0.1, 0.15) is 27.9 Å². The maximum absolute atomic E-state index is 14.2. The van der Waals surface area contributed by atoms with Gasteiger partial charge in [-0.3, -0.25) is 4.79 Å². The summed E-state index contributed by atoms with van der Waals surface area (Å²) in [6, 6.07) is 59.1. The number of ketones is 1. The monoisotopic (exact) mass is 744 g/mol. The highest BCUT2D eigenvalue weighted by molar-refractivity contribution is 7.91. The van der Waals surface area contributed by atoms with Crippen molar-refractivity contribution in [1.29, 1.82) is 0 Å². The second kappa shape index (κ2) is 14.7. The summed E-state index contributed by atoms with van der Waals surface area (Å²) < 4.78 is 28.4. The van der Waals surface area contributed by atoms with Crippen LogP contribution < -0.4 is 9.80 Å². The van der Waals surface area contributed by atoms with E-state index in [1.165, 1.54) is 0 Å². The molecule has 0 N–H and O–H groups in total. The number of nitrogens with zero attached hydrogens (tertiary/aromatic N) is 2. The lowest BCUT2D eigenvalue weighted by atomic mass is 9.95. The molecule has 1 heterocycles.